The minimum atomic E-state index is -0.500. The van der Waals surface area contributed by atoms with Crippen LogP contribution in [0.1, 0.15) is 27.0 Å². The number of carbonyl (C=O) groups is 2. The van der Waals surface area contributed by atoms with Crippen LogP contribution < -0.4 is 15.8 Å². The van der Waals surface area contributed by atoms with Gasteiger partial charge in [-0.15, -0.1) is 0 Å². The maximum Gasteiger partial charge on any atom is 0.262 e. The Morgan fingerprint density at radius 2 is 1.61 bits per heavy atom. The molecule has 23 heavy (non-hydrogen) atoms. The molecule has 0 aliphatic carbocycles. The van der Waals surface area contributed by atoms with Crippen LogP contribution >= 0.6 is 0 Å². The van der Waals surface area contributed by atoms with Crippen LogP contribution in [0.2, 0.25) is 0 Å². The first-order chi connectivity index (χ1) is 10.9. The summed E-state index contributed by atoms with van der Waals surface area (Å²) in [5.41, 5.74) is 9.56. The van der Waals surface area contributed by atoms with Gasteiger partial charge in [-0.25, -0.2) is 0 Å². The zero-order valence-electron chi connectivity index (χ0n) is 13.5. The van der Waals surface area contributed by atoms with Gasteiger partial charge in [0.05, 0.1) is 0 Å². The molecule has 0 aliphatic rings. The summed E-state index contributed by atoms with van der Waals surface area (Å²) in [6.07, 6.45) is 0. The molecule has 120 valence electrons. The van der Waals surface area contributed by atoms with Crippen LogP contribution in [-0.2, 0) is 4.79 Å². The highest BCUT2D eigenvalue weighted by Crippen LogP contribution is 2.22. The number of rotatable bonds is 5. The third-order valence-corrected chi connectivity index (χ3v) is 3.45. The molecule has 3 N–H and O–H groups in total. The normalized spacial score (nSPS) is 10.2. The summed E-state index contributed by atoms with van der Waals surface area (Å²) in [5.74, 6) is -0.235. The molecule has 2 amide bonds. The third kappa shape index (κ3) is 4.32. The van der Waals surface area contributed by atoms with Crippen LogP contribution in [0.25, 0.3) is 0 Å². The lowest BCUT2D eigenvalue weighted by Crippen LogP contribution is -2.21. The van der Waals surface area contributed by atoms with Gasteiger partial charge in [0.15, 0.2) is 6.61 Å². The van der Waals surface area contributed by atoms with Crippen molar-refractivity contribution >= 4 is 17.5 Å². The van der Waals surface area contributed by atoms with E-state index in [0.717, 1.165) is 22.4 Å². The van der Waals surface area contributed by atoms with Gasteiger partial charge in [0.1, 0.15) is 5.75 Å². The predicted molar refractivity (Wildman–Crippen MR) is 89.7 cm³/mol. The minimum Gasteiger partial charge on any atom is -0.484 e. The lowest BCUT2D eigenvalue weighted by Gasteiger charge is -2.13. The standard InChI is InChI=1S/C18H20N2O3/c1-11-8-12(2)17(13(3)9-11)20-16(21)10-23-15-6-4-14(5-7-15)18(19)22/h4-9H,10H2,1-3H3,(H2,19,22)(H,20,21). The van der Waals surface area contributed by atoms with Crippen molar-refractivity contribution in [2.45, 2.75) is 20.8 Å². The minimum absolute atomic E-state index is 0.108. The fourth-order valence-corrected chi connectivity index (χ4v) is 2.42. The van der Waals surface area contributed by atoms with E-state index < -0.39 is 5.91 Å². The smallest absolute Gasteiger partial charge is 0.262 e. The number of ether oxygens (including phenoxy) is 1. The molecule has 5 heteroatoms. The fraction of sp³-hybridized carbons (Fsp3) is 0.222. The molecule has 0 radical (unpaired) electrons. The van der Waals surface area contributed by atoms with Gasteiger partial charge in [-0.3, -0.25) is 9.59 Å². The second-order valence-electron chi connectivity index (χ2n) is 5.50. The molecule has 0 fully saturated rings. The monoisotopic (exact) mass is 312 g/mol. The summed E-state index contributed by atoms with van der Waals surface area (Å²) >= 11 is 0. The summed E-state index contributed by atoms with van der Waals surface area (Å²) in [6.45, 7) is 5.82. The molecule has 2 aromatic carbocycles. The van der Waals surface area contributed by atoms with Crippen molar-refractivity contribution in [2.24, 2.45) is 5.73 Å². The van der Waals surface area contributed by atoms with E-state index >= 15 is 0 Å². The van der Waals surface area contributed by atoms with Crippen LogP contribution in [0, 0.1) is 20.8 Å². The fourth-order valence-electron chi connectivity index (χ4n) is 2.42. The van der Waals surface area contributed by atoms with Crippen molar-refractivity contribution in [1.82, 2.24) is 0 Å². The van der Waals surface area contributed by atoms with Crippen LogP contribution in [-0.4, -0.2) is 18.4 Å². The summed E-state index contributed by atoms with van der Waals surface area (Å²) in [7, 11) is 0. The van der Waals surface area contributed by atoms with Gasteiger partial charge in [0, 0.05) is 11.3 Å². The van der Waals surface area contributed by atoms with Crippen LogP contribution in [0.3, 0.4) is 0 Å². The second-order valence-corrected chi connectivity index (χ2v) is 5.50. The molecule has 0 aromatic heterocycles. The van der Waals surface area contributed by atoms with E-state index in [1.54, 1.807) is 24.3 Å². The number of aryl methyl sites for hydroxylation is 3. The van der Waals surface area contributed by atoms with Crippen molar-refractivity contribution in [3.05, 3.63) is 58.7 Å². The number of nitrogens with two attached hydrogens (primary N) is 1. The van der Waals surface area contributed by atoms with Crippen molar-refractivity contribution in [1.29, 1.82) is 0 Å². The number of amides is 2. The third-order valence-electron chi connectivity index (χ3n) is 3.45. The number of primary amides is 1. The molecule has 0 saturated carbocycles. The van der Waals surface area contributed by atoms with E-state index in [0.29, 0.717) is 11.3 Å². The number of nitrogens with one attached hydrogen (secondary N) is 1. The van der Waals surface area contributed by atoms with E-state index in [9.17, 15) is 9.59 Å². The first kappa shape index (κ1) is 16.5. The zero-order valence-corrected chi connectivity index (χ0v) is 13.5. The van der Waals surface area contributed by atoms with Gasteiger partial charge in [0.25, 0.3) is 5.91 Å². The average Bonchev–Trinajstić information content (AvgIpc) is 2.49. The molecule has 0 saturated heterocycles. The summed E-state index contributed by atoms with van der Waals surface area (Å²) in [5, 5.41) is 2.87. The molecule has 0 unspecified atom stereocenters. The van der Waals surface area contributed by atoms with E-state index in [1.165, 1.54) is 0 Å². The van der Waals surface area contributed by atoms with Gasteiger partial charge < -0.3 is 15.8 Å². The molecule has 2 rings (SSSR count). The Bertz CT molecular complexity index is 713. The van der Waals surface area contributed by atoms with Crippen molar-refractivity contribution in [3.63, 3.8) is 0 Å². The highest BCUT2D eigenvalue weighted by Gasteiger charge is 2.09. The number of benzene rings is 2. The van der Waals surface area contributed by atoms with Gasteiger partial charge >= 0.3 is 0 Å². The summed E-state index contributed by atoms with van der Waals surface area (Å²) in [4.78, 5) is 23.0. The molecule has 5 nitrogen and oxygen atoms in total. The van der Waals surface area contributed by atoms with Crippen molar-refractivity contribution in [2.75, 3.05) is 11.9 Å². The Morgan fingerprint density at radius 3 is 2.13 bits per heavy atom. The highest BCUT2D eigenvalue weighted by molar-refractivity contribution is 5.94. The van der Waals surface area contributed by atoms with E-state index in [-0.39, 0.29) is 12.5 Å². The van der Waals surface area contributed by atoms with Gasteiger partial charge in [0.2, 0.25) is 5.91 Å². The summed E-state index contributed by atoms with van der Waals surface area (Å²) < 4.78 is 5.41. The average molecular weight is 312 g/mol. The number of carbonyl (C=O) groups excluding carboxylic acids is 2. The predicted octanol–water partition coefficient (Wildman–Crippen LogP) is 2.73. The van der Waals surface area contributed by atoms with Crippen LogP contribution in [0.15, 0.2) is 36.4 Å². The molecule has 0 spiro atoms. The van der Waals surface area contributed by atoms with Gasteiger partial charge in [-0.2, -0.15) is 0 Å². The first-order valence-corrected chi connectivity index (χ1v) is 7.27. The Morgan fingerprint density at radius 1 is 1.04 bits per heavy atom. The molecule has 0 bridgehead atoms. The maximum atomic E-state index is 12.0. The Balaban J connectivity index is 1.96. The lowest BCUT2D eigenvalue weighted by atomic mass is 10.1. The van der Waals surface area contributed by atoms with Gasteiger partial charge in [-0.1, -0.05) is 17.7 Å². The van der Waals surface area contributed by atoms with Crippen molar-refractivity contribution in [3.8, 4) is 5.75 Å². The van der Waals surface area contributed by atoms with Crippen LogP contribution in [0.5, 0.6) is 5.75 Å². The molecule has 0 heterocycles. The van der Waals surface area contributed by atoms with Crippen molar-refractivity contribution < 1.29 is 14.3 Å². The topological polar surface area (TPSA) is 81.4 Å². The molecular weight excluding hydrogens is 292 g/mol. The number of hydrogen-bond donors (Lipinski definition) is 2. The SMILES string of the molecule is Cc1cc(C)c(NC(=O)COc2ccc(C(N)=O)cc2)c(C)c1. The maximum absolute atomic E-state index is 12.0. The van der Waals surface area contributed by atoms with E-state index in [1.807, 2.05) is 32.9 Å². The quantitative estimate of drug-likeness (QED) is 0.890. The van der Waals surface area contributed by atoms with E-state index in [2.05, 4.69) is 5.32 Å². The molecule has 2 aromatic rings. The Labute approximate surface area is 135 Å². The Kier molecular flexibility index (Phi) is 5.01. The first-order valence-electron chi connectivity index (χ1n) is 7.27. The molecule has 0 aliphatic heterocycles. The number of anilines is 1. The lowest BCUT2D eigenvalue weighted by molar-refractivity contribution is -0.118. The highest BCUT2D eigenvalue weighted by atomic mass is 16.5. The van der Waals surface area contributed by atoms with Gasteiger partial charge in [-0.05, 0) is 56.2 Å². The Hall–Kier alpha value is -2.82. The van der Waals surface area contributed by atoms with Crippen LogP contribution in [0.4, 0.5) is 5.69 Å². The zero-order chi connectivity index (χ0) is 17.0. The van der Waals surface area contributed by atoms with E-state index in [4.69, 9.17) is 10.5 Å². The summed E-state index contributed by atoms with van der Waals surface area (Å²) in [6, 6.07) is 10.4. The second kappa shape index (κ2) is 6.96. The number of hydrogen-bond acceptors (Lipinski definition) is 3. The molecular formula is C18H20N2O3. The molecule has 0 atom stereocenters. The largest absolute Gasteiger partial charge is 0.484 e.